The van der Waals surface area contributed by atoms with Gasteiger partial charge in [-0.3, -0.25) is 10.3 Å². The highest BCUT2D eigenvalue weighted by Gasteiger charge is 2.09. The van der Waals surface area contributed by atoms with Gasteiger partial charge in [-0.2, -0.15) is 5.10 Å². The Hall–Kier alpha value is -1.74. The number of aromatic hydroxyl groups is 1. The number of hydrogen-bond donors (Lipinski definition) is 3. The van der Waals surface area contributed by atoms with Gasteiger partial charge < -0.3 is 15.2 Å². The molecule has 0 atom stereocenters. The van der Waals surface area contributed by atoms with Crippen LogP contribution in [0.5, 0.6) is 5.75 Å². The van der Waals surface area contributed by atoms with Gasteiger partial charge in [0.2, 0.25) is 0 Å². The van der Waals surface area contributed by atoms with Crippen LogP contribution in [-0.2, 0) is 4.74 Å². The molecule has 1 heterocycles. The molecule has 0 unspecified atom stereocenters. The van der Waals surface area contributed by atoms with Crippen LogP contribution < -0.4 is 10.7 Å². The van der Waals surface area contributed by atoms with E-state index >= 15 is 0 Å². The number of rotatable bonds is 5. The van der Waals surface area contributed by atoms with E-state index in [1.54, 1.807) is 12.3 Å². The van der Waals surface area contributed by atoms with Crippen LogP contribution in [0, 0.1) is 0 Å². The average Bonchev–Trinajstić information content (AvgIpc) is 2.64. The van der Waals surface area contributed by atoms with Crippen molar-refractivity contribution in [3.63, 3.8) is 0 Å². The molecular formula is C18H21BrN4O2S. The maximum absolute atomic E-state index is 10.1. The molecule has 0 saturated carbocycles. The number of hydrogen-bond acceptors (Lipinski definition) is 5. The fourth-order valence-corrected chi connectivity index (χ4v) is 3.33. The van der Waals surface area contributed by atoms with Crippen LogP contribution in [0.3, 0.4) is 0 Å². The lowest BCUT2D eigenvalue weighted by Gasteiger charge is -2.26. The van der Waals surface area contributed by atoms with Crippen LogP contribution in [0.1, 0.15) is 5.56 Å². The first-order valence-corrected chi connectivity index (χ1v) is 9.62. The summed E-state index contributed by atoms with van der Waals surface area (Å²) in [6.07, 6.45) is 1.58. The fraction of sp³-hybridized carbons (Fsp3) is 0.333. The van der Waals surface area contributed by atoms with Gasteiger partial charge in [-0.25, -0.2) is 0 Å². The summed E-state index contributed by atoms with van der Waals surface area (Å²) in [4.78, 5) is 2.33. The molecule has 1 aliphatic heterocycles. The molecule has 8 heteroatoms. The van der Waals surface area contributed by atoms with Gasteiger partial charge >= 0.3 is 0 Å². The lowest BCUT2D eigenvalue weighted by Crippen LogP contribution is -2.42. The Morgan fingerprint density at radius 3 is 2.92 bits per heavy atom. The Kier molecular flexibility index (Phi) is 6.79. The Bertz CT molecular complexity index is 809. The third kappa shape index (κ3) is 5.14. The quantitative estimate of drug-likeness (QED) is 0.379. The number of hydrazone groups is 1. The van der Waals surface area contributed by atoms with Crippen molar-refractivity contribution in [2.75, 3.05) is 39.4 Å². The summed E-state index contributed by atoms with van der Waals surface area (Å²) in [5, 5.41) is 19.8. The molecule has 0 aromatic heterocycles. The summed E-state index contributed by atoms with van der Waals surface area (Å²) in [5.41, 5.74) is 3.45. The Morgan fingerprint density at radius 2 is 2.12 bits per heavy atom. The van der Waals surface area contributed by atoms with Crippen LogP contribution >= 0.6 is 28.1 Å². The van der Waals surface area contributed by atoms with Gasteiger partial charge in [0, 0.05) is 36.2 Å². The minimum absolute atomic E-state index is 0.177. The molecule has 3 N–H and O–H groups in total. The zero-order chi connectivity index (χ0) is 18.4. The predicted molar refractivity (Wildman–Crippen MR) is 112 cm³/mol. The van der Waals surface area contributed by atoms with Crippen LogP contribution in [0.15, 0.2) is 39.9 Å². The zero-order valence-corrected chi connectivity index (χ0v) is 16.6. The van der Waals surface area contributed by atoms with E-state index in [-0.39, 0.29) is 5.75 Å². The zero-order valence-electron chi connectivity index (χ0n) is 14.2. The molecule has 0 bridgehead atoms. The molecule has 1 aliphatic rings. The number of ether oxygens (including phenoxy) is 1. The molecule has 0 aliphatic carbocycles. The van der Waals surface area contributed by atoms with Crippen molar-refractivity contribution < 1.29 is 9.84 Å². The molecule has 1 saturated heterocycles. The first-order valence-electron chi connectivity index (χ1n) is 8.42. The lowest BCUT2D eigenvalue weighted by molar-refractivity contribution is 0.0389. The highest BCUT2D eigenvalue weighted by atomic mass is 79.9. The van der Waals surface area contributed by atoms with E-state index in [4.69, 9.17) is 17.0 Å². The topological polar surface area (TPSA) is 69.1 Å². The standard InChI is InChI=1S/C18H21BrN4O2S/c19-14-2-3-15-13(11-14)1-4-17(24)16(15)12-21-22-18(26)20-5-6-23-7-9-25-10-8-23/h1-4,11-12,24H,5-10H2,(H2,20,22,26)/b21-12+. The summed E-state index contributed by atoms with van der Waals surface area (Å²) in [7, 11) is 0. The molecule has 1 fully saturated rings. The maximum atomic E-state index is 10.1. The van der Waals surface area contributed by atoms with E-state index in [2.05, 4.69) is 36.7 Å². The molecule has 138 valence electrons. The number of thiocarbonyl (C=S) groups is 1. The molecule has 3 rings (SSSR count). The first-order chi connectivity index (χ1) is 12.6. The van der Waals surface area contributed by atoms with Crippen molar-refractivity contribution in [2.45, 2.75) is 0 Å². The largest absolute Gasteiger partial charge is 0.507 e. The first kappa shape index (κ1) is 19.0. The van der Waals surface area contributed by atoms with Crippen LogP contribution in [-0.4, -0.2) is 60.7 Å². The Balaban J connectivity index is 1.54. The summed E-state index contributed by atoms with van der Waals surface area (Å²) in [6.45, 7) is 5.14. The average molecular weight is 437 g/mol. The molecule has 0 amide bonds. The van der Waals surface area contributed by atoms with Gasteiger partial charge in [-0.05, 0) is 41.2 Å². The highest BCUT2D eigenvalue weighted by molar-refractivity contribution is 9.10. The molecule has 2 aromatic carbocycles. The molecule has 0 spiro atoms. The molecular weight excluding hydrogens is 416 g/mol. The SMILES string of the molecule is Oc1ccc2cc(Br)ccc2c1/C=N/NC(=S)NCCN1CCOCC1. The second-order valence-corrected chi connectivity index (χ2v) is 7.27. The number of halogens is 1. The summed E-state index contributed by atoms with van der Waals surface area (Å²) in [6, 6.07) is 9.41. The van der Waals surface area contributed by atoms with Gasteiger partial charge in [0.1, 0.15) is 5.75 Å². The number of benzene rings is 2. The van der Waals surface area contributed by atoms with Crippen molar-refractivity contribution in [3.05, 3.63) is 40.4 Å². The highest BCUT2D eigenvalue weighted by Crippen LogP contribution is 2.27. The minimum Gasteiger partial charge on any atom is -0.507 e. The van der Waals surface area contributed by atoms with Crippen molar-refractivity contribution >= 4 is 50.2 Å². The second-order valence-electron chi connectivity index (χ2n) is 5.94. The lowest BCUT2D eigenvalue weighted by atomic mass is 10.0. The van der Waals surface area contributed by atoms with Crippen molar-refractivity contribution in [1.82, 2.24) is 15.6 Å². The van der Waals surface area contributed by atoms with Crippen molar-refractivity contribution in [3.8, 4) is 5.75 Å². The van der Waals surface area contributed by atoms with E-state index in [0.717, 1.165) is 54.6 Å². The van der Waals surface area contributed by atoms with Crippen LogP contribution in [0.4, 0.5) is 0 Å². The third-order valence-electron chi connectivity index (χ3n) is 4.18. The van der Waals surface area contributed by atoms with Crippen molar-refractivity contribution in [2.24, 2.45) is 5.10 Å². The number of nitrogens with zero attached hydrogens (tertiary/aromatic N) is 2. The molecule has 6 nitrogen and oxygen atoms in total. The van der Waals surface area contributed by atoms with E-state index in [0.29, 0.717) is 10.7 Å². The molecule has 26 heavy (non-hydrogen) atoms. The van der Waals surface area contributed by atoms with Gasteiger partial charge in [0.05, 0.1) is 19.4 Å². The summed E-state index contributed by atoms with van der Waals surface area (Å²) < 4.78 is 6.31. The number of phenolic OH excluding ortho intramolecular Hbond substituents is 1. The van der Waals surface area contributed by atoms with Crippen LogP contribution in [0.25, 0.3) is 10.8 Å². The van der Waals surface area contributed by atoms with E-state index in [9.17, 15) is 5.11 Å². The number of nitrogens with one attached hydrogen (secondary N) is 2. The van der Waals surface area contributed by atoms with Crippen LogP contribution in [0.2, 0.25) is 0 Å². The van der Waals surface area contributed by atoms with Gasteiger partial charge in [0.15, 0.2) is 5.11 Å². The number of fused-ring (bicyclic) bond motifs is 1. The minimum atomic E-state index is 0.177. The van der Waals surface area contributed by atoms with E-state index in [1.165, 1.54) is 0 Å². The number of phenols is 1. The smallest absolute Gasteiger partial charge is 0.187 e. The van der Waals surface area contributed by atoms with Crippen molar-refractivity contribution in [1.29, 1.82) is 0 Å². The fourth-order valence-electron chi connectivity index (χ4n) is 2.80. The third-order valence-corrected chi connectivity index (χ3v) is 4.91. The van der Waals surface area contributed by atoms with E-state index < -0.39 is 0 Å². The normalized spacial score (nSPS) is 15.4. The van der Waals surface area contributed by atoms with Gasteiger partial charge in [-0.1, -0.05) is 28.1 Å². The molecule has 0 radical (unpaired) electrons. The summed E-state index contributed by atoms with van der Waals surface area (Å²) in [5.74, 6) is 0.177. The monoisotopic (exact) mass is 436 g/mol. The summed E-state index contributed by atoms with van der Waals surface area (Å²) >= 11 is 8.69. The second kappa shape index (κ2) is 9.27. The molecule has 2 aromatic rings. The maximum Gasteiger partial charge on any atom is 0.187 e. The number of morpholine rings is 1. The van der Waals surface area contributed by atoms with Gasteiger partial charge in [0.25, 0.3) is 0 Å². The van der Waals surface area contributed by atoms with Gasteiger partial charge in [-0.15, -0.1) is 0 Å². The Morgan fingerprint density at radius 1 is 1.31 bits per heavy atom. The predicted octanol–water partition coefficient (Wildman–Crippen LogP) is 2.44. The van der Waals surface area contributed by atoms with E-state index in [1.807, 2.05) is 24.3 Å². The Labute approximate surface area is 166 Å².